The van der Waals surface area contributed by atoms with E-state index in [1.807, 2.05) is 0 Å². The highest BCUT2D eigenvalue weighted by Gasteiger charge is 2.00. The molecule has 0 bridgehead atoms. The summed E-state index contributed by atoms with van der Waals surface area (Å²) in [6.07, 6.45) is 1.19. The van der Waals surface area contributed by atoms with E-state index in [1.54, 1.807) is 24.3 Å². The first-order chi connectivity index (χ1) is 6.72. The fourth-order valence-electron chi connectivity index (χ4n) is 0.980. The fraction of sp³-hybridized carbons (Fsp3) is 0.200. The van der Waals surface area contributed by atoms with E-state index in [9.17, 15) is 9.59 Å². The quantitative estimate of drug-likeness (QED) is 0.556. The summed E-state index contributed by atoms with van der Waals surface area (Å²) in [6.45, 7) is 0. The molecule has 1 amide bonds. The van der Waals surface area contributed by atoms with Gasteiger partial charge in [-0.05, 0) is 24.3 Å². The maximum atomic E-state index is 11.2. The van der Waals surface area contributed by atoms with E-state index in [0.29, 0.717) is 11.4 Å². The van der Waals surface area contributed by atoms with Crippen molar-refractivity contribution in [3.05, 3.63) is 24.3 Å². The van der Waals surface area contributed by atoms with E-state index in [2.05, 4.69) is 5.32 Å². The Balaban J connectivity index is 2.47. The Morgan fingerprint density at radius 1 is 1.36 bits per heavy atom. The van der Waals surface area contributed by atoms with Gasteiger partial charge in [-0.3, -0.25) is 4.79 Å². The Kier molecular flexibility index (Phi) is 3.67. The second kappa shape index (κ2) is 5.01. The Hall–Kier alpha value is -1.84. The van der Waals surface area contributed by atoms with Gasteiger partial charge in [0.05, 0.1) is 0 Å². The van der Waals surface area contributed by atoms with Gasteiger partial charge < -0.3 is 15.8 Å². The van der Waals surface area contributed by atoms with Crippen molar-refractivity contribution in [2.24, 2.45) is 0 Å². The van der Waals surface area contributed by atoms with Crippen molar-refractivity contribution < 1.29 is 9.59 Å². The first-order valence-electron chi connectivity index (χ1n) is 4.31. The van der Waals surface area contributed by atoms with Gasteiger partial charge in [0, 0.05) is 24.2 Å². The molecule has 74 valence electrons. The van der Waals surface area contributed by atoms with Gasteiger partial charge in [0.25, 0.3) is 0 Å². The summed E-state index contributed by atoms with van der Waals surface area (Å²) in [5, 5.41) is 2.65. The topological polar surface area (TPSA) is 72.2 Å². The van der Waals surface area contributed by atoms with Crippen LogP contribution in [-0.4, -0.2) is 12.2 Å². The second-order valence-electron chi connectivity index (χ2n) is 2.88. The molecule has 3 N–H and O–H groups in total. The molecule has 1 aromatic rings. The standard InChI is InChI=1S/C10H12N2O2/c11-8-3-5-9(6-4-8)12-10(14)2-1-7-13/h3-7H,1-2,11H2,(H,12,14). The summed E-state index contributed by atoms with van der Waals surface area (Å²) in [7, 11) is 0. The van der Waals surface area contributed by atoms with Crippen molar-refractivity contribution in [3.8, 4) is 0 Å². The number of hydrogen-bond donors (Lipinski definition) is 2. The van der Waals surface area contributed by atoms with Crippen molar-refractivity contribution in [2.75, 3.05) is 11.1 Å². The van der Waals surface area contributed by atoms with Gasteiger partial charge in [0.1, 0.15) is 6.29 Å². The minimum Gasteiger partial charge on any atom is -0.399 e. The van der Waals surface area contributed by atoms with Gasteiger partial charge in [0.15, 0.2) is 0 Å². The predicted molar refractivity (Wildman–Crippen MR) is 54.8 cm³/mol. The lowest BCUT2D eigenvalue weighted by atomic mass is 10.2. The lowest BCUT2D eigenvalue weighted by Gasteiger charge is -2.03. The molecule has 0 aliphatic carbocycles. The van der Waals surface area contributed by atoms with E-state index in [1.165, 1.54) is 0 Å². The van der Waals surface area contributed by atoms with E-state index in [0.717, 1.165) is 6.29 Å². The molecule has 0 unspecified atom stereocenters. The third-order valence-corrected chi connectivity index (χ3v) is 1.68. The summed E-state index contributed by atoms with van der Waals surface area (Å²) >= 11 is 0. The molecule has 0 atom stereocenters. The maximum Gasteiger partial charge on any atom is 0.224 e. The van der Waals surface area contributed by atoms with Gasteiger partial charge >= 0.3 is 0 Å². The zero-order chi connectivity index (χ0) is 10.4. The number of anilines is 2. The first-order valence-corrected chi connectivity index (χ1v) is 4.31. The van der Waals surface area contributed by atoms with Crippen LogP contribution in [0.25, 0.3) is 0 Å². The van der Waals surface area contributed by atoms with Crippen LogP contribution in [0.5, 0.6) is 0 Å². The van der Waals surface area contributed by atoms with Crippen molar-refractivity contribution in [1.29, 1.82) is 0 Å². The molecule has 1 aromatic carbocycles. The van der Waals surface area contributed by atoms with Gasteiger partial charge in [-0.25, -0.2) is 0 Å². The molecule has 0 aliphatic rings. The number of nitrogen functional groups attached to an aromatic ring is 1. The largest absolute Gasteiger partial charge is 0.399 e. The van der Waals surface area contributed by atoms with E-state index >= 15 is 0 Å². The molecule has 0 radical (unpaired) electrons. The zero-order valence-electron chi connectivity index (χ0n) is 7.69. The van der Waals surface area contributed by atoms with E-state index < -0.39 is 0 Å². The van der Waals surface area contributed by atoms with Crippen molar-refractivity contribution in [2.45, 2.75) is 12.8 Å². The molecule has 0 saturated heterocycles. The number of nitrogens with two attached hydrogens (primary N) is 1. The fourth-order valence-corrected chi connectivity index (χ4v) is 0.980. The van der Waals surface area contributed by atoms with Crippen LogP contribution in [0.4, 0.5) is 11.4 Å². The lowest BCUT2D eigenvalue weighted by Crippen LogP contribution is -2.11. The molecular formula is C10H12N2O2. The number of amides is 1. The Morgan fingerprint density at radius 2 is 2.00 bits per heavy atom. The number of nitrogens with one attached hydrogen (secondary N) is 1. The summed E-state index contributed by atoms with van der Waals surface area (Å²) < 4.78 is 0. The maximum absolute atomic E-state index is 11.2. The monoisotopic (exact) mass is 192 g/mol. The number of rotatable bonds is 4. The zero-order valence-corrected chi connectivity index (χ0v) is 7.69. The number of carbonyl (C=O) groups is 2. The smallest absolute Gasteiger partial charge is 0.224 e. The minimum absolute atomic E-state index is 0.165. The number of aldehydes is 1. The van der Waals surface area contributed by atoms with Crippen LogP contribution in [0.2, 0.25) is 0 Å². The molecular weight excluding hydrogens is 180 g/mol. The molecule has 0 heterocycles. The highest BCUT2D eigenvalue weighted by atomic mass is 16.1. The van der Waals surface area contributed by atoms with Crippen LogP contribution < -0.4 is 11.1 Å². The third kappa shape index (κ3) is 3.26. The molecule has 1 rings (SSSR count). The van der Waals surface area contributed by atoms with Crippen LogP contribution in [-0.2, 0) is 9.59 Å². The van der Waals surface area contributed by atoms with Crippen LogP contribution in [0.15, 0.2) is 24.3 Å². The van der Waals surface area contributed by atoms with Gasteiger partial charge in [-0.2, -0.15) is 0 Å². The molecule has 0 saturated carbocycles. The van der Waals surface area contributed by atoms with Crippen molar-refractivity contribution in [3.63, 3.8) is 0 Å². The third-order valence-electron chi connectivity index (χ3n) is 1.68. The number of benzene rings is 1. The SMILES string of the molecule is Nc1ccc(NC(=O)CCC=O)cc1. The predicted octanol–water partition coefficient (Wildman–Crippen LogP) is 1.19. The van der Waals surface area contributed by atoms with E-state index in [4.69, 9.17) is 5.73 Å². The average molecular weight is 192 g/mol. The van der Waals surface area contributed by atoms with Crippen molar-refractivity contribution in [1.82, 2.24) is 0 Å². The second-order valence-corrected chi connectivity index (χ2v) is 2.88. The molecule has 4 heteroatoms. The summed E-state index contributed by atoms with van der Waals surface area (Å²) in [6, 6.07) is 6.84. The first kappa shape index (κ1) is 10.2. The van der Waals surface area contributed by atoms with Crippen LogP contribution in [0.1, 0.15) is 12.8 Å². The van der Waals surface area contributed by atoms with Crippen molar-refractivity contribution >= 4 is 23.6 Å². The number of carbonyl (C=O) groups excluding carboxylic acids is 2. The van der Waals surface area contributed by atoms with Crippen LogP contribution in [0.3, 0.4) is 0 Å². The molecule has 0 fully saturated rings. The molecule has 0 aromatic heterocycles. The van der Waals surface area contributed by atoms with Gasteiger partial charge in [0.2, 0.25) is 5.91 Å². The molecule has 0 spiro atoms. The highest BCUT2D eigenvalue weighted by molar-refractivity contribution is 5.91. The molecule has 14 heavy (non-hydrogen) atoms. The van der Waals surface area contributed by atoms with E-state index in [-0.39, 0.29) is 18.7 Å². The Labute approximate surface area is 82.1 Å². The van der Waals surface area contributed by atoms with Gasteiger partial charge in [-0.1, -0.05) is 0 Å². The average Bonchev–Trinajstić information content (AvgIpc) is 2.18. The Morgan fingerprint density at radius 3 is 2.57 bits per heavy atom. The number of hydrogen-bond acceptors (Lipinski definition) is 3. The lowest BCUT2D eigenvalue weighted by molar-refractivity contribution is -0.118. The normalized spacial score (nSPS) is 9.43. The van der Waals surface area contributed by atoms with Crippen LogP contribution >= 0.6 is 0 Å². The molecule has 0 aliphatic heterocycles. The summed E-state index contributed by atoms with van der Waals surface area (Å²) in [4.78, 5) is 21.2. The summed E-state index contributed by atoms with van der Waals surface area (Å²) in [5.41, 5.74) is 6.82. The van der Waals surface area contributed by atoms with Crippen LogP contribution in [0, 0.1) is 0 Å². The van der Waals surface area contributed by atoms with Gasteiger partial charge in [-0.15, -0.1) is 0 Å². The molecule has 4 nitrogen and oxygen atoms in total. The highest BCUT2D eigenvalue weighted by Crippen LogP contribution is 2.10. The summed E-state index contributed by atoms with van der Waals surface area (Å²) in [5.74, 6) is -0.165. The minimum atomic E-state index is -0.165. The Bertz CT molecular complexity index is 319.